The summed E-state index contributed by atoms with van der Waals surface area (Å²) in [4.78, 5) is 11.4. The monoisotopic (exact) mass is 914 g/mol. The van der Waals surface area contributed by atoms with Gasteiger partial charge in [0.2, 0.25) is 20.0 Å². The number of thiazole rings is 2. The van der Waals surface area contributed by atoms with Crippen LogP contribution in [0.25, 0.3) is 22.5 Å². The molecule has 4 heterocycles. The van der Waals surface area contributed by atoms with Crippen LogP contribution in [0.15, 0.2) is 93.3 Å². The summed E-state index contributed by atoms with van der Waals surface area (Å²) in [5.41, 5.74) is 1.64. The fourth-order valence-electron chi connectivity index (χ4n) is 6.33. The van der Waals surface area contributed by atoms with E-state index in [4.69, 9.17) is 0 Å². The molecular formula is C38H30F8N6O4S4. The fourth-order valence-corrected chi connectivity index (χ4v) is 11.0. The van der Waals surface area contributed by atoms with E-state index in [1.54, 1.807) is 10.8 Å². The lowest BCUT2D eigenvalue weighted by molar-refractivity contribution is 0.381. The van der Waals surface area contributed by atoms with E-state index in [9.17, 15) is 52.0 Å². The van der Waals surface area contributed by atoms with E-state index >= 15 is 0 Å². The summed E-state index contributed by atoms with van der Waals surface area (Å²) >= 11 is 2.57. The van der Waals surface area contributed by atoms with Crippen molar-refractivity contribution in [2.24, 2.45) is 0 Å². The summed E-state index contributed by atoms with van der Waals surface area (Å²) in [6.45, 7) is 1.59. The Labute approximate surface area is 346 Å². The molecule has 0 bridgehead atoms. The minimum atomic E-state index is -4.10. The smallest absolute Gasteiger partial charge is 0.246 e. The maximum Gasteiger partial charge on any atom is 0.246 e. The third-order valence-electron chi connectivity index (χ3n) is 9.40. The van der Waals surface area contributed by atoms with Crippen molar-refractivity contribution >= 4 is 53.0 Å². The van der Waals surface area contributed by atoms with Gasteiger partial charge in [0.05, 0.1) is 11.4 Å². The molecule has 2 aromatic heterocycles. The van der Waals surface area contributed by atoms with Crippen molar-refractivity contribution in [3.63, 3.8) is 0 Å². The highest BCUT2D eigenvalue weighted by molar-refractivity contribution is 7.89. The number of nitrogens with zero attached hydrogens (tertiary/aromatic N) is 6. The third-order valence-corrected chi connectivity index (χ3v) is 15.1. The van der Waals surface area contributed by atoms with Crippen molar-refractivity contribution in [2.45, 2.75) is 9.79 Å². The van der Waals surface area contributed by atoms with E-state index in [-0.39, 0.29) is 26.2 Å². The second-order valence-corrected chi connectivity index (χ2v) is 18.7. The Morgan fingerprint density at radius 2 is 0.867 bits per heavy atom. The first-order valence-corrected chi connectivity index (χ1v) is 22.4. The molecule has 0 aliphatic carbocycles. The Morgan fingerprint density at radius 3 is 1.28 bits per heavy atom. The van der Waals surface area contributed by atoms with Crippen LogP contribution in [-0.4, -0.2) is 87.8 Å². The van der Waals surface area contributed by atoms with Gasteiger partial charge in [-0.3, -0.25) is 0 Å². The van der Waals surface area contributed by atoms with Gasteiger partial charge in [-0.1, -0.05) is 0 Å². The molecule has 8 rings (SSSR count). The molecule has 6 aromatic rings. The summed E-state index contributed by atoms with van der Waals surface area (Å²) in [6, 6.07) is 11.4. The molecule has 0 atom stereocenters. The molecule has 60 heavy (non-hydrogen) atoms. The highest BCUT2D eigenvalue weighted by Gasteiger charge is 2.33. The van der Waals surface area contributed by atoms with E-state index in [1.165, 1.54) is 40.9 Å². The van der Waals surface area contributed by atoms with Crippen LogP contribution in [-0.2, 0) is 20.0 Å². The number of anilines is 2. The maximum absolute atomic E-state index is 13.9. The van der Waals surface area contributed by atoms with Crippen molar-refractivity contribution < 1.29 is 52.0 Å². The molecule has 0 saturated carbocycles. The normalized spacial score (nSPS) is 15.5. The third kappa shape index (κ3) is 9.32. The van der Waals surface area contributed by atoms with Crippen molar-refractivity contribution in [3.8, 4) is 22.5 Å². The van der Waals surface area contributed by atoms with Crippen molar-refractivity contribution in [1.82, 2.24) is 18.6 Å². The number of sulfonamides is 2. The van der Waals surface area contributed by atoms with E-state index in [2.05, 4.69) is 9.97 Å². The first-order chi connectivity index (χ1) is 28.5. The standard InChI is InChI=1S/2C19H15F4N3O2S2/c20-13-2-4-18(16(23)10-13)30(27,28)26-7-5-25(6-8-26)19-24-17(11-29-19)12-1-3-14(21)15(22)9-12;20-13-1-2-18(16(23)10-13)30(27,28)26-5-3-25(4-6-26)19-24-17(11-29-19)12-7-14(21)9-15(22)8-12/h1-4,9-11H,5-8H2;1-2,7-11H,3-6H2. The van der Waals surface area contributed by atoms with Gasteiger partial charge in [0.25, 0.3) is 0 Å². The molecule has 4 aromatic carbocycles. The van der Waals surface area contributed by atoms with E-state index < -0.39 is 76.4 Å². The predicted molar refractivity (Wildman–Crippen MR) is 210 cm³/mol. The molecule has 0 radical (unpaired) electrons. The van der Waals surface area contributed by atoms with E-state index in [1.807, 2.05) is 9.80 Å². The molecule has 0 N–H and O–H groups in total. The number of rotatable bonds is 8. The first kappa shape index (κ1) is 43.1. The molecule has 2 saturated heterocycles. The topological polar surface area (TPSA) is 107 Å². The van der Waals surface area contributed by atoms with Crippen molar-refractivity contribution in [1.29, 1.82) is 0 Å². The van der Waals surface area contributed by atoms with Crippen LogP contribution in [0, 0.1) is 46.5 Å². The summed E-state index contributed by atoms with van der Waals surface area (Å²) in [5, 5.41) is 4.57. The van der Waals surface area contributed by atoms with E-state index in [0.717, 1.165) is 51.1 Å². The summed E-state index contributed by atoms with van der Waals surface area (Å²) in [5.74, 6) is -7.28. The Hall–Kier alpha value is -5.00. The molecule has 2 aliphatic heterocycles. The minimum absolute atomic E-state index is 0.0860. The van der Waals surface area contributed by atoms with Gasteiger partial charge in [-0.2, -0.15) is 8.61 Å². The number of halogens is 8. The Morgan fingerprint density at radius 1 is 0.433 bits per heavy atom. The molecule has 0 amide bonds. The second kappa shape index (κ2) is 17.5. The lowest BCUT2D eigenvalue weighted by atomic mass is 10.1. The van der Waals surface area contributed by atoms with Gasteiger partial charge in [-0.15, -0.1) is 22.7 Å². The summed E-state index contributed by atoms with van der Waals surface area (Å²) in [7, 11) is -8.19. The van der Waals surface area contributed by atoms with Crippen molar-refractivity contribution in [2.75, 3.05) is 62.2 Å². The molecule has 0 unspecified atom stereocenters. The Balaban J connectivity index is 0.000000181. The van der Waals surface area contributed by atoms with Gasteiger partial charge in [-0.05, 0) is 54.6 Å². The van der Waals surface area contributed by atoms with Crippen LogP contribution < -0.4 is 9.80 Å². The number of hydrogen-bond acceptors (Lipinski definition) is 10. The highest BCUT2D eigenvalue weighted by atomic mass is 32.2. The Kier molecular flexibility index (Phi) is 12.6. The van der Waals surface area contributed by atoms with Crippen LogP contribution in [0.5, 0.6) is 0 Å². The molecular weight excluding hydrogens is 885 g/mol. The molecule has 22 heteroatoms. The van der Waals surface area contributed by atoms with E-state index in [0.29, 0.717) is 71.1 Å². The van der Waals surface area contributed by atoms with Gasteiger partial charge < -0.3 is 9.80 Å². The molecule has 2 fully saturated rings. The quantitative estimate of drug-likeness (QED) is 0.143. The number of piperazine rings is 2. The van der Waals surface area contributed by atoms with Crippen LogP contribution in [0.1, 0.15) is 0 Å². The van der Waals surface area contributed by atoms with Gasteiger partial charge in [-0.25, -0.2) is 61.9 Å². The number of aromatic nitrogens is 2. The predicted octanol–water partition coefficient (Wildman–Crippen LogP) is 7.75. The largest absolute Gasteiger partial charge is 0.345 e. The average Bonchev–Trinajstić information content (AvgIpc) is 3.91. The molecule has 2 aliphatic rings. The molecule has 316 valence electrons. The first-order valence-electron chi connectivity index (χ1n) is 17.7. The van der Waals surface area contributed by atoms with Gasteiger partial charge >= 0.3 is 0 Å². The Bertz CT molecular complexity index is 2740. The zero-order chi connectivity index (χ0) is 42.9. The SMILES string of the molecule is O=S(=O)(c1ccc(F)cc1F)N1CCN(c2nc(-c3cc(F)cc(F)c3)cs2)CC1.O=S(=O)(c1ccc(F)cc1F)N1CCN(c2nc(-c3ccc(F)c(F)c3)cs2)CC1. The van der Waals surface area contributed by atoms with Crippen LogP contribution in [0.4, 0.5) is 45.4 Å². The van der Waals surface area contributed by atoms with Gasteiger partial charge in [0.1, 0.15) is 44.7 Å². The lowest BCUT2D eigenvalue weighted by Gasteiger charge is -2.33. The van der Waals surface area contributed by atoms with Crippen molar-refractivity contribution in [3.05, 3.63) is 130 Å². The minimum Gasteiger partial charge on any atom is -0.345 e. The summed E-state index contributed by atoms with van der Waals surface area (Å²) < 4.78 is 160. The second-order valence-electron chi connectivity index (χ2n) is 13.2. The lowest BCUT2D eigenvalue weighted by Crippen LogP contribution is -2.48. The maximum atomic E-state index is 13.9. The van der Waals surface area contributed by atoms with Gasteiger partial charge in [0, 0.05) is 92.4 Å². The summed E-state index contributed by atoms with van der Waals surface area (Å²) in [6.07, 6.45) is 0. The van der Waals surface area contributed by atoms with Crippen LogP contribution in [0.3, 0.4) is 0 Å². The van der Waals surface area contributed by atoms with Gasteiger partial charge in [0.15, 0.2) is 21.9 Å². The molecule has 0 spiro atoms. The number of benzene rings is 4. The molecule has 10 nitrogen and oxygen atoms in total. The van der Waals surface area contributed by atoms with Crippen LogP contribution >= 0.6 is 22.7 Å². The highest BCUT2D eigenvalue weighted by Crippen LogP contribution is 2.32. The number of hydrogen-bond donors (Lipinski definition) is 0. The zero-order valence-electron chi connectivity index (χ0n) is 30.7. The average molecular weight is 915 g/mol. The fraction of sp³-hybridized carbons (Fsp3) is 0.211. The zero-order valence-corrected chi connectivity index (χ0v) is 34.0. The van der Waals surface area contributed by atoms with Crippen LogP contribution in [0.2, 0.25) is 0 Å².